The van der Waals surface area contributed by atoms with Gasteiger partial charge in [-0.2, -0.15) is 0 Å². The number of hydrogen-bond acceptors (Lipinski definition) is 8. The van der Waals surface area contributed by atoms with Crippen molar-refractivity contribution in [3.05, 3.63) is 71.8 Å². The van der Waals surface area contributed by atoms with Gasteiger partial charge in [0.2, 0.25) is 17.7 Å². The van der Waals surface area contributed by atoms with E-state index < -0.39 is 60.4 Å². The lowest BCUT2D eigenvalue weighted by Gasteiger charge is -2.36. The number of unbranched alkanes of at least 4 members (excludes halogenated alkanes) is 2. The average molecular weight is 654 g/mol. The predicted octanol–water partition coefficient (Wildman–Crippen LogP) is 3.32. The minimum atomic E-state index is -1.47. The van der Waals surface area contributed by atoms with Gasteiger partial charge in [0.25, 0.3) is 5.91 Å². The summed E-state index contributed by atoms with van der Waals surface area (Å²) in [6, 6.07) is 14.9. The van der Waals surface area contributed by atoms with E-state index >= 15 is 0 Å². The second-order valence-corrected chi connectivity index (χ2v) is 12.2. The lowest BCUT2D eigenvalue weighted by Crippen LogP contribution is -2.63. The van der Waals surface area contributed by atoms with Crippen LogP contribution < -0.4 is 16.5 Å². The Kier molecular flexibility index (Phi) is 16.6. The summed E-state index contributed by atoms with van der Waals surface area (Å²) in [5.74, 6) is -3.55. The highest BCUT2D eigenvalue weighted by atomic mass is 16.6. The standard InChI is InChI=1S/C35H51N5O7/c1-24(2)21-37-33(44)31(25(3)22-41)40(30(42)20-14-8-11-17-28-15-9-6-10-16-28)38-32(43)27(5)39(34(45)26(4)36)35(46)47-23-29-18-12-7-13-19-29/h6-7,9-10,12-13,15-16,18-19,24-27,31,41H,8,11,14,17,20-23,36H2,1-5H3,(H,37,44)(H,38,43)/t25?,26-,27-,31-/m0/s1. The number of aryl methyl sites for hydroxylation is 1. The van der Waals surface area contributed by atoms with Gasteiger partial charge in [-0.3, -0.25) is 24.6 Å². The van der Waals surface area contributed by atoms with E-state index in [4.69, 9.17) is 10.5 Å². The number of nitrogens with one attached hydrogen (secondary N) is 2. The van der Waals surface area contributed by atoms with Crippen LogP contribution in [0.1, 0.15) is 71.4 Å². The maximum atomic E-state index is 13.7. The summed E-state index contributed by atoms with van der Waals surface area (Å²) in [4.78, 5) is 67.6. The third-order valence-electron chi connectivity index (χ3n) is 7.55. The van der Waals surface area contributed by atoms with Gasteiger partial charge in [0.15, 0.2) is 0 Å². The molecule has 0 spiro atoms. The zero-order valence-corrected chi connectivity index (χ0v) is 28.2. The van der Waals surface area contributed by atoms with Gasteiger partial charge in [0, 0.05) is 25.5 Å². The Bertz CT molecular complexity index is 1290. The summed E-state index contributed by atoms with van der Waals surface area (Å²) in [5, 5.41) is 13.8. The molecule has 0 fully saturated rings. The number of carbonyl (C=O) groups excluding carboxylic acids is 5. The molecule has 5 amide bonds. The number of rotatable bonds is 17. The molecule has 1 unspecified atom stereocenters. The van der Waals surface area contributed by atoms with Crippen LogP contribution in [-0.4, -0.2) is 76.0 Å². The van der Waals surface area contributed by atoms with Crippen LogP contribution in [0.5, 0.6) is 0 Å². The molecule has 2 aromatic carbocycles. The van der Waals surface area contributed by atoms with Crippen LogP contribution in [0.25, 0.3) is 0 Å². The highest BCUT2D eigenvalue weighted by Gasteiger charge is 2.39. The van der Waals surface area contributed by atoms with Crippen molar-refractivity contribution < 1.29 is 33.8 Å². The number of nitrogens with zero attached hydrogens (tertiary/aromatic N) is 2. The van der Waals surface area contributed by atoms with Crippen LogP contribution in [0, 0.1) is 11.8 Å². The molecular weight excluding hydrogens is 602 g/mol. The number of imide groups is 1. The zero-order valence-electron chi connectivity index (χ0n) is 28.2. The van der Waals surface area contributed by atoms with E-state index in [2.05, 4.69) is 10.7 Å². The van der Waals surface area contributed by atoms with Crippen molar-refractivity contribution in [2.45, 2.75) is 91.5 Å². The highest BCUT2D eigenvalue weighted by Crippen LogP contribution is 2.16. The maximum Gasteiger partial charge on any atom is 0.417 e. The Morgan fingerprint density at radius 1 is 0.830 bits per heavy atom. The van der Waals surface area contributed by atoms with Gasteiger partial charge >= 0.3 is 6.09 Å². The first-order valence-electron chi connectivity index (χ1n) is 16.2. The van der Waals surface area contributed by atoms with Gasteiger partial charge < -0.3 is 20.9 Å². The van der Waals surface area contributed by atoms with Crippen molar-refractivity contribution in [1.29, 1.82) is 0 Å². The molecule has 0 heterocycles. The molecule has 47 heavy (non-hydrogen) atoms. The fraction of sp³-hybridized carbons (Fsp3) is 0.514. The van der Waals surface area contributed by atoms with Gasteiger partial charge in [-0.1, -0.05) is 87.9 Å². The van der Waals surface area contributed by atoms with Crippen molar-refractivity contribution >= 4 is 29.7 Å². The summed E-state index contributed by atoms with van der Waals surface area (Å²) in [6.07, 6.45) is 1.82. The van der Waals surface area contributed by atoms with Gasteiger partial charge in [0.05, 0.1) is 6.04 Å². The molecule has 4 atom stereocenters. The molecule has 0 aromatic heterocycles. The van der Waals surface area contributed by atoms with Gasteiger partial charge in [-0.15, -0.1) is 0 Å². The van der Waals surface area contributed by atoms with Crippen molar-refractivity contribution in [2.75, 3.05) is 13.2 Å². The molecule has 2 aromatic rings. The average Bonchev–Trinajstić information content (AvgIpc) is 3.06. The first kappa shape index (κ1) is 38.9. The maximum absolute atomic E-state index is 13.7. The first-order chi connectivity index (χ1) is 22.4. The monoisotopic (exact) mass is 653 g/mol. The Morgan fingerprint density at radius 2 is 1.43 bits per heavy atom. The second-order valence-electron chi connectivity index (χ2n) is 12.2. The van der Waals surface area contributed by atoms with E-state index in [1.165, 1.54) is 19.4 Å². The number of aliphatic hydroxyl groups is 1. The molecule has 2 rings (SSSR count). The minimum Gasteiger partial charge on any atom is -0.444 e. The smallest absolute Gasteiger partial charge is 0.417 e. The minimum absolute atomic E-state index is 0.0111. The molecule has 258 valence electrons. The Hall–Kier alpha value is -4.29. The van der Waals surface area contributed by atoms with Crippen LogP contribution in [0.4, 0.5) is 4.79 Å². The summed E-state index contributed by atoms with van der Waals surface area (Å²) in [7, 11) is 0. The topological polar surface area (TPSA) is 171 Å². The van der Waals surface area contributed by atoms with E-state index in [1.807, 2.05) is 44.2 Å². The largest absolute Gasteiger partial charge is 0.444 e. The molecule has 12 nitrogen and oxygen atoms in total. The normalized spacial score (nSPS) is 13.5. The Labute approximate surface area is 278 Å². The van der Waals surface area contributed by atoms with Crippen LogP contribution in [0.3, 0.4) is 0 Å². The van der Waals surface area contributed by atoms with Crippen LogP contribution in [0.15, 0.2) is 60.7 Å². The quantitative estimate of drug-likeness (QED) is 0.149. The molecule has 0 radical (unpaired) electrons. The number of benzene rings is 2. The fourth-order valence-electron chi connectivity index (χ4n) is 4.75. The molecule has 0 aliphatic heterocycles. The third-order valence-corrected chi connectivity index (χ3v) is 7.55. The molecular formula is C35H51N5O7. The van der Waals surface area contributed by atoms with E-state index in [0.717, 1.165) is 24.3 Å². The summed E-state index contributed by atoms with van der Waals surface area (Å²) in [5.41, 5.74) is 10.2. The number of nitrogens with two attached hydrogens (primary N) is 1. The molecule has 0 bridgehead atoms. The molecule has 0 aliphatic rings. The Morgan fingerprint density at radius 3 is 1.98 bits per heavy atom. The molecule has 0 aliphatic carbocycles. The zero-order chi connectivity index (χ0) is 34.9. The highest BCUT2D eigenvalue weighted by molar-refractivity contribution is 6.00. The number of carbonyl (C=O) groups is 5. The molecule has 5 N–H and O–H groups in total. The molecule has 0 saturated heterocycles. The summed E-state index contributed by atoms with van der Waals surface area (Å²) < 4.78 is 5.34. The van der Waals surface area contributed by atoms with Crippen molar-refractivity contribution in [1.82, 2.24) is 20.7 Å². The van der Waals surface area contributed by atoms with Gasteiger partial charge in [-0.05, 0) is 50.2 Å². The molecule has 0 saturated carbocycles. The van der Waals surface area contributed by atoms with Gasteiger partial charge in [0.1, 0.15) is 18.7 Å². The van der Waals surface area contributed by atoms with Crippen molar-refractivity contribution in [2.24, 2.45) is 17.6 Å². The third kappa shape index (κ3) is 12.8. The number of ether oxygens (including phenoxy) is 1. The summed E-state index contributed by atoms with van der Waals surface area (Å²) in [6.45, 7) is 7.78. The second kappa shape index (κ2) is 20.1. The number of hydrogen-bond donors (Lipinski definition) is 4. The number of amides is 5. The van der Waals surface area contributed by atoms with Crippen LogP contribution >= 0.6 is 0 Å². The SMILES string of the molecule is CC(C)CNC(=O)[C@H](C(C)CO)N(NC(=O)[C@H](C)N(C(=O)OCc1ccccc1)C(=O)[C@H](C)N)C(=O)CCCCCc1ccccc1. The van der Waals surface area contributed by atoms with E-state index in [1.54, 1.807) is 37.3 Å². The van der Waals surface area contributed by atoms with Crippen LogP contribution in [0.2, 0.25) is 0 Å². The lowest BCUT2D eigenvalue weighted by molar-refractivity contribution is -0.154. The van der Waals surface area contributed by atoms with Gasteiger partial charge in [-0.25, -0.2) is 14.7 Å². The van der Waals surface area contributed by atoms with E-state index in [-0.39, 0.29) is 18.9 Å². The van der Waals surface area contributed by atoms with E-state index in [0.29, 0.717) is 23.4 Å². The van der Waals surface area contributed by atoms with Crippen LogP contribution in [-0.2, 0) is 36.9 Å². The number of aliphatic hydroxyl groups excluding tert-OH is 1. The first-order valence-corrected chi connectivity index (χ1v) is 16.2. The van der Waals surface area contributed by atoms with Crippen molar-refractivity contribution in [3.63, 3.8) is 0 Å². The lowest BCUT2D eigenvalue weighted by atomic mass is 10.00. The predicted molar refractivity (Wildman–Crippen MR) is 178 cm³/mol. The summed E-state index contributed by atoms with van der Waals surface area (Å²) >= 11 is 0. The Balaban J connectivity index is 2.28. The molecule has 12 heteroatoms. The van der Waals surface area contributed by atoms with Crippen molar-refractivity contribution in [3.8, 4) is 0 Å². The number of hydrazine groups is 1. The fourth-order valence-corrected chi connectivity index (χ4v) is 4.75. The van der Waals surface area contributed by atoms with E-state index in [9.17, 15) is 29.1 Å².